The van der Waals surface area contributed by atoms with Crippen molar-refractivity contribution in [3.63, 3.8) is 0 Å². The molecule has 0 radical (unpaired) electrons. The Bertz CT molecular complexity index is 1140. The number of fused-ring (bicyclic) bond motifs is 1. The van der Waals surface area contributed by atoms with Crippen molar-refractivity contribution in [1.29, 1.82) is 0 Å². The van der Waals surface area contributed by atoms with Crippen LogP contribution in [0.2, 0.25) is 0 Å². The molecule has 4 rings (SSSR count). The summed E-state index contributed by atoms with van der Waals surface area (Å²) in [7, 11) is -3.59. The Kier molecular flexibility index (Phi) is 6.02. The zero-order chi connectivity index (χ0) is 23.3. The van der Waals surface area contributed by atoms with E-state index in [2.05, 4.69) is 24.1 Å². The van der Waals surface area contributed by atoms with Crippen molar-refractivity contribution in [2.75, 3.05) is 18.4 Å². The number of anilines is 1. The van der Waals surface area contributed by atoms with Gasteiger partial charge < -0.3 is 0 Å². The number of aromatic nitrogens is 1. The van der Waals surface area contributed by atoms with E-state index in [1.807, 2.05) is 13.8 Å². The summed E-state index contributed by atoms with van der Waals surface area (Å²) in [6.45, 7) is 9.23. The molecule has 1 fully saturated rings. The van der Waals surface area contributed by atoms with E-state index in [1.54, 1.807) is 4.31 Å². The van der Waals surface area contributed by atoms with Gasteiger partial charge in [-0.05, 0) is 54.4 Å². The molecule has 1 aromatic carbocycles. The number of thiazole rings is 1. The van der Waals surface area contributed by atoms with Gasteiger partial charge in [0.1, 0.15) is 0 Å². The van der Waals surface area contributed by atoms with Crippen LogP contribution < -0.4 is 5.32 Å². The first-order valence-corrected chi connectivity index (χ1v) is 13.1. The summed E-state index contributed by atoms with van der Waals surface area (Å²) in [5.41, 5.74) is 0.937. The van der Waals surface area contributed by atoms with E-state index < -0.39 is 10.0 Å². The lowest BCUT2D eigenvalue weighted by atomic mass is 9.78. The largest absolute Gasteiger partial charge is 0.298 e. The van der Waals surface area contributed by atoms with E-state index in [1.165, 1.54) is 35.6 Å². The highest BCUT2D eigenvalue weighted by Gasteiger charge is 2.34. The number of piperidine rings is 1. The number of nitrogens with one attached hydrogen (secondary N) is 1. The zero-order valence-corrected chi connectivity index (χ0v) is 20.5. The summed E-state index contributed by atoms with van der Waals surface area (Å²) in [4.78, 5) is 30.3. The normalized spacial score (nSPS) is 23.6. The molecular formula is C23H29N3O4S2. The molecule has 1 aliphatic heterocycles. The van der Waals surface area contributed by atoms with Gasteiger partial charge in [-0.2, -0.15) is 4.31 Å². The predicted octanol–water partition coefficient (Wildman–Crippen LogP) is 4.22. The number of amides is 1. The van der Waals surface area contributed by atoms with Crippen molar-refractivity contribution < 1.29 is 18.0 Å². The van der Waals surface area contributed by atoms with E-state index in [-0.39, 0.29) is 22.0 Å². The molecule has 2 aromatic rings. The van der Waals surface area contributed by atoms with E-state index in [4.69, 9.17) is 0 Å². The smallest absolute Gasteiger partial charge is 0.257 e. The summed E-state index contributed by atoms with van der Waals surface area (Å²) in [5, 5.41) is 3.14. The molecule has 2 heterocycles. The molecule has 1 saturated heterocycles. The van der Waals surface area contributed by atoms with Crippen LogP contribution in [0.1, 0.15) is 66.3 Å². The summed E-state index contributed by atoms with van der Waals surface area (Å²) in [6, 6.07) is 5.99. The standard InChI is InChI=1S/C23H29N3O4S2/c1-14-9-15(2)13-26(12-14)32(29,30)17-7-5-16(6-8-17)21(28)25-22-24-18-10-23(3,4)11-19(27)20(18)31-22/h5-8,14-15H,9-13H2,1-4H3,(H,24,25,28). The third kappa shape index (κ3) is 4.65. The van der Waals surface area contributed by atoms with Gasteiger partial charge in [0.2, 0.25) is 10.0 Å². The third-order valence-electron chi connectivity index (χ3n) is 6.05. The number of benzene rings is 1. The molecule has 32 heavy (non-hydrogen) atoms. The lowest BCUT2D eigenvalue weighted by Crippen LogP contribution is -2.42. The molecule has 172 valence electrons. The minimum atomic E-state index is -3.59. The number of nitrogens with zero attached hydrogens (tertiary/aromatic N) is 2. The molecule has 9 heteroatoms. The van der Waals surface area contributed by atoms with Gasteiger partial charge in [-0.1, -0.05) is 39.0 Å². The van der Waals surface area contributed by atoms with Crippen molar-refractivity contribution in [3.05, 3.63) is 40.4 Å². The van der Waals surface area contributed by atoms with Gasteiger partial charge in [-0.25, -0.2) is 13.4 Å². The SMILES string of the molecule is CC1CC(C)CN(S(=O)(=O)c2ccc(C(=O)Nc3nc4c(s3)C(=O)CC(C)(C)C4)cc2)C1. The van der Waals surface area contributed by atoms with E-state index in [0.29, 0.717) is 53.3 Å². The van der Waals surface area contributed by atoms with E-state index in [0.717, 1.165) is 12.1 Å². The van der Waals surface area contributed by atoms with Crippen LogP contribution in [0.5, 0.6) is 0 Å². The number of rotatable bonds is 4. The Morgan fingerprint density at radius 1 is 1.12 bits per heavy atom. The Hall–Kier alpha value is -2.10. The molecule has 0 saturated carbocycles. The quantitative estimate of drug-likeness (QED) is 0.714. The van der Waals surface area contributed by atoms with Gasteiger partial charge in [0.25, 0.3) is 5.91 Å². The highest BCUT2D eigenvalue weighted by atomic mass is 32.2. The number of carbonyl (C=O) groups excluding carboxylic acids is 2. The summed E-state index contributed by atoms with van der Waals surface area (Å²) in [6.07, 6.45) is 2.19. The van der Waals surface area contributed by atoms with Crippen molar-refractivity contribution >= 4 is 38.2 Å². The molecule has 1 N–H and O–H groups in total. The Balaban J connectivity index is 1.48. The number of sulfonamides is 1. The second-order valence-corrected chi connectivity index (χ2v) is 12.9. The Labute approximate surface area is 193 Å². The van der Waals surface area contributed by atoms with Crippen LogP contribution in [-0.2, 0) is 16.4 Å². The lowest BCUT2D eigenvalue weighted by molar-refractivity contribution is 0.0915. The van der Waals surface area contributed by atoms with Crippen LogP contribution in [0.4, 0.5) is 5.13 Å². The number of hydrogen-bond donors (Lipinski definition) is 1. The molecule has 2 unspecified atom stereocenters. The predicted molar refractivity (Wildman–Crippen MR) is 125 cm³/mol. The van der Waals surface area contributed by atoms with Gasteiger partial charge in [0.15, 0.2) is 10.9 Å². The molecule has 0 bridgehead atoms. The van der Waals surface area contributed by atoms with Gasteiger partial charge in [-0.15, -0.1) is 0 Å². The van der Waals surface area contributed by atoms with Crippen LogP contribution in [0.3, 0.4) is 0 Å². The fourth-order valence-corrected chi connectivity index (χ4v) is 7.27. The van der Waals surface area contributed by atoms with Gasteiger partial charge in [0.05, 0.1) is 15.5 Å². The first-order chi connectivity index (χ1) is 14.9. The number of ketones is 1. The van der Waals surface area contributed by atoms with Crippen LogP contribution in [-0.4, -0.2) is 42.5 Å². The topological polar surface area (TPSA) is 96.4 Å². The maximum Gasteiger partial charge on any atom is 0.257 e. The van der Waals surface area contributed by atoms with Gasteiger partial charge in [0, 0.05) is 25.1 Å². The molecule has 1 aromatic heterocycles. The molecule has 0 spiro atoms. The van der Waals surface area contributed by atoms with Gasteiger partial charge in [-0.3, -0.25) is 14.9 Å². The monoisotopic (exact) mass is 475 g/mol. The van der Waals surface area contributed by atoms with E-state index in [9.17, 15) is 18.0 Å². The van der Waals surface area contributed by atoms with Crippen LogP contribution >= 0.6 is 11.3 Å². The van der Waals surface area contributed by atoms with Gasteiger partial charge >= 0.3 is 0 Å². The summed E-state index contributed by atoms with van der Waals surface area (Å²) < 4.78 is 27.6. The minimum Gasteiger partial charge on any atom is -0.298 e. The summed E-state index contributed by atoms with van der Waals surface area (Å²) in [5.74, 6) is 0.317. The molecule has 1 amide bonds. The lowest BCUT2D eigenvalue weighted by Gasteiger charge is -2.34. The van der Waals surface area contributed by atoms with Crippen LogP contribution in [0, 0.1) is 17.3 Å². The molecule has 7 nitrogen and oxygen atoms in total. The first-order valence-electron chi connectivity index (χ1n) is 10.9. The van der Waals surface area contributed by atoms with Crippen molar-refractivity contribution in [2.24, 2.45) is 17.3 Å². The first kappa shape index (κ1) is 23.1. The maximum absolute atomic E-state index is 13.0. The fourth-order valence-electron chi connectivity index (χ4n) is 4.67. The van der Waals surface area contributed by atoms with Crippen molar-refractivity contribution in [3.8, 4) is 0 Å². The Morgan fingerprint density at radius 2 is 1.75 bits per heavy atom. The Morgan fingerprint density at radius 3 is 2.38 bits per heavy atom. The van der Waals surface area contributed by atoms with Crippen LogP contribution in [0.15, 0.2) is 29.2 Å². The van der Waals surface area contributed by atoms with Crippen molar-refractivity contribution in [1.82, 2.24) is 9.29 Å². The highest BCUT2D eigenvalue weighted by Crippen LogP contribution is 2.38. The second kappa shape index (κ2) is 8.35. The van der Waals surface area contributed by atoms with Crippen molar-refractivity contribution in [2.45, 2.75) is 51.9 Å². The number of hydrogen-bond acceptors (Lipinski definition) is 6. The fraction of sp³-hybridized carbons (Fsp3) is 0.522. The molecule has 1 aliphatic carbocycles. The average Bonchev–Trinajstić information content (AvgIpc) is 3.08. The maximum atomic E-state index is 13.0. The molecule has 2 atom stereocenters. The zero-order valence-electron chi connectivity index (χ0n) is 18.8. The molecule has 2 aliphatic rings. The third-order valence-corrected chi connectivity index (χ3v) is 8.95. The van der Waals surface area contributed by atoms with E-state index >= 15 is 0 Å². The minimum absolute atomic E-state index is 0.0603. The van der Waals surface area contributed by atoms with Crippen LogP contribution in [0.25, 0.3) is 0 Å². The highest BCUT2D eigenvalue weighted by molar-refractivity contribution is 7.89. The average molecular weight is 476 g/mol. The molecular weight excluding hydrogens is 446 g/mol. The number of Topliss-reactive ketones (excluding diaryl/α,β-unsaturated/α-hetero) is 1. The number of carbonyl (C=O) groups is 2. The summed E-state index contributed by atoms with van der Waals surface area (Å²) >= 11 is 1.20. The second-order valence-electron chi connectivity index (χ2n) is 9.98.